The molecule has 0 radical (unpaired) electrons. The van der Waals surface area contributed by atoms with Gasteiger partial charge in [-0.15, -0.1) is 0 Å². The highest BCUT2D eigenvalue weighted by Crippen LogP contribution is 2.35. The smallest absolute Gasteiger partial charge is 0.340 e. The van der Waals surface area contributed by atoms with Crippen LogP contribution in [-0.4, -0.2) is 13.1 Å². The van der Waals surface area contributed by atoms with Crippen molar-refractivity contribution in [1.82, 2.24) is 0 Å². The van der Waals surface area contributed by atoms with E-state index in [1.54, 1.807) is 14.0 Å². The minimum atomic E-state index is -0.727. The molecule has 3 rings (SSSR count). The Hall–Kier alpha value is -2.75. The fraction of sp³-hybridized carbons (Fsp3) is 0.167. The molecule has 0 fully saturated rings. The Morgan fingerprint density at radius 3 is 2.27 bits per heavy atom. The number of esters is 1. The second-order valence-corrected chi connectivity index (χ2v) is 4.95. The van der Waals surface area contributed by atoms with Crippen LogP contribution in [0.4, 0.5) is 0 Å². The molecule has 1 aliphatic rings. The Kier molecular flexibility index (Phi) is 3.83. The monoisotopic (exact) mass is 296 g/mol. The van der Waals surface area contributed by atoms with Gasteiger partial charge >= 0.3 is 5.97 Å². The van der Waals surface area contributed by atoms with Crippen LogP contribution in [0.25, 0.3) is 5.76 Å². The maximum atomic E-state index is 12.1. The van der Waals surface area contributed by atoms with E-state index in [2.05, 4.69) is 0 Å². The molecule has 0 unspecified atom stereocenters. The Morgan fingerprint density at radius 2 is 1.64 bits per heavy atom. The molecule has 0 saturated carbocycles. The largest absolute Gasteiger partial charge is 0.497 e. The molecule has 2 aromatic carbocycles. The molecular weight excluding hydrogens is 280 g/mol. The van der Waals surface area contributed by atoms with Crippen LogP contribution < -0.4 is 4.74 Å². The number of rotatable bonds is 3. The quantitative estimate of drug-likeness (QED) is 0.810. The molecular formula is C18H16O4. The predicted octanol–water partition coefficient (Wildman–Crippen LogP) is 3.70. The van der Waals surface area contributed by atoms with Crippen molar-refractivity contribution in [3.05, 3.63) is 71.3 Å². The van der Waals surface area contributed by atoms with Crippen LogP contribution in [0.5, 0.6) is 5.75 Å². The van der Waals surface area contributed by atoms with Crippen molar-refractivity contribution in [2.75, 3.05) is 7.11 Å². The Labute approximate surface area is 128 Å². The summed E-state index contributed by atoms with van der Waals surface area (Å²) in [6.45, 7) is 1.70. The molecule has 22 heavy (non-hydrogen) atoms. The first-order chi connectivity index (χ1) is 10.7. The second-order valence-electron chi connectivity index (χ2n) is 4.95. The van der Waals surface area contributed by atoms with Crippen LogP contribution >= 0.6 is 0 Å². The number of hydrogen-bond acceptors (Lipinski definition) is 4. The van der Waals surface area contributed by atoms with Gasteiger partial charge in [0.1, 0.15) is 11.5 Å². The predicted molar refractivity (Wildman–Crippen MR) is 81.9 cm³/mol. The number of methoxy groups -OCH3 is 1. The SMILES string of the molecule is COc1ccc(C2=C(C)C(=O)O[C@H](c3ccccc3)O2)cc1. The molecule has 1 atom stereocenters. The minimum absolute atomic E-state index is 0.370. The van der Waals surface area contributed by atoms with Crippen molar-refractivity contribution in [3.8, 4) is 5.75 Å². The fourth-order valence-corrected chi connectivity index (χ4v) is 2.27. The summed E-state index contributed by atoms with van der Waals surface area (Å²) >= 11 is 0. The van der Waals surface area contributed by atoms with Crippen molar-refractivity contribution in [1.29, 1.82) is 0 Å². The molecule has 0 aliphatic carbocycles. The van der Waals surface area contributed by atoms with Gasteiger partial charge in [0.15, 0.2) is 0 Å². The van der Waals surface area contributed by atoms with Crippen molar-refractivity contribution in [3.63, 3.8) is 0 Å². The van der Waals surface area contributed by atoms with Gasteiger partial charge in [-0.2, -0.15) is 0 Å². The van der Waals surface area contributed by atoms with Crippen molar-refractivity contribution >= 4 is 11.7 Å². The number of carbonyl (C=O) groups is 1. The van der Waals surface area contributed by atoms with Gasteiger partial charge in [-0.05, 0) is 31.2 Å². The average molecular weight is 296 g/mol. The lowest BCUT2D eigenvalue weighted by Gasteiger charge is -2.27. The molecule has 0 saturated heterocycles. The molecule has 0 spiro atoms. The zero-order valence-electron chi connectivity index (χ0n) is 12.4. The highest BCUT2D eigenvalue weighted by molar-refractivity contribution is 5.96. The molecule has 1 heterocycles. The van der Waals surface area contributed by atoms with Crippen molar-refractivity contribution in [2.45, 2.75) is 13.2 Å². The van der Waals surface area contributed by atoms with Gasteiger partial charge in [-0.25, -0.2) is 4.79 Å². The summed E-state index contributed by atoms with van der Waals surface area (Å²) < 4.78 is 16.4. The highest BCUT2D eigenvalue weighted by Gasteiger charge is 2.29. The Morgan fingerprint density at radius 1 is 0.955 bits per heavy atom. The van der Waals surface area contributed by atoms with E-state index in [1.165, 1.54) is 0 Å². The topological polar surface area (TPSA) is 44.8 Å². The number of benzene rings is 2. The summed E-state index contributed by atoms with van der Waals surface area (Å²) in [4.78, 5) is 12.1. The summed E-state index contributed by atoms with van der Waals surface area (Å²) in [7, 11) is 1.61. The lowest BCUT2D eigenvalue weighted by molar-refractivity contribution is -0.168. The summed E-state index contributed by atoms with van der Waals surface area (Å²) in [6.07, 6.45) is -0.727. The van der Waals surface area contributed by atoms with Gasteiger partial charge in [-0.3, -0.25) is 0 Å². The first-order valence-corrected chi connectivity index (χ1v) is 6.97. The van der Waals surface area contributed by atoms with Gasteiger partial charge in [-0.1, -0.05) is 30.3 Å². The van der Waals surface area contributed by atoms with Gasteiger partial charge in [0.25, 0.3) is 6.29 Å². The number of ether oxygens (including phenoxy) is 3. The zero-order valence-corrected chi connectivity index (χ0v) is 12.4. The van der Waals surface area contributed by atoms with E-state index < -0.39 is 6.29 Å². The molecule has 0 amide bonds. The summed E-state index contributed by atoms with van der Waals surface area (Å²) in [5.41, 5.74) is 2.07. The van der Waals surface area contributed by atoms with Gasteiger partial charge in [0, 0.05) is 11.1 Å². The van der Waals surface area contributed by atoms with Gasteiger partial charge < -0.3 is 14.2 Å². The van der Waals surface area contributed by atoms with E-state index in [0.717, 1.165) is 16.9 Å². The van der Waals surface area contributed by atoms with Crippen LogP contribution in [0.1, 0.15) is 24.3 Å². The van der Waals surface area contributed by atoms with Crippen LogP contribution in [0.2, 0.25) is 0 Å². The first-order valence-electron chi connectivity index (χ1n) is 6.97. The third-order valence-corrected chi connectivity index (χ3v) is 3.51. The summed E-state index contributed by atoms with van der Waals surface area (Å²) in [6, 6.07) is 16.8. The summed E-state index contributed by atoms with van der Waals surface area (Å²) in [5, 5.41) is 0. The lowest BCUT2D eigenvalue weighted by atomic mass is 10.1. The molecule has 0 aromatic heterocycles. The van der Waals surface area contributed by atoms with E-state index >= 15 is 0 Å². The van der Waals surface area contributed by atoms with E-state index in [0.29, 0.717) is 11.3 Å². The molecule has 0 bridgehead atoms. The van der Waals surface area contributed by atoms with E-state index in [4.69, 9.17) is 14.2 Å². The van der Waals surface area contributed by atoms with Crippen LogP contribution in [0, 0.1) is 0 Å². The zero-order chi connectivity index (χ0) is 15.5. The molecule has 2 aromatic rings. The van der Waals surface area contributed by atoms with Crippen LogP contribution in [-0.2, 0) is 14.3 Å². The van der Waals surface area contributed by atoms with Crippen molar-refractivity contribution in [2.24, 2.45) is 0 Å². The van der Waals surface area contributed by atoms with E-state index in [-0.39, 0.29) is 5.97 Å². The standard InChI is InChI=1S/C18H16O4/c1-12-16(13-8-10-15(20-2)11-9-13)21-18(22-17(12)19)14-6-4-3-5-7-14/h3-11,18H,1-2H3/t18-/m1/s1. The van der Waals surface area contributed by atoms with Crippen LogP contribution in [0.15, 0.2) is 60.2 Å². The van der Waals surface area contributed by atoms with Crippen molar-refractivity contribution < 1.29 is 19.0 Å². The molecule has 4 nitrogen and oxygen atoms in total. The Balaban J connectivity index is 1.94. The average Bonchev–Trinajstić information content (AvgIpc) is 2.58. The third-order valence-electron chi connectivity index (χ3n) is 3.51. The normalized spacial score (nSPS) is 17.7. The van der Waals surface area contributed by atoms with E-state index in [1.807, 2.05) is 54.6 Å². The van der Waals surface area contributed by atoms with Gasteiger partial charge in [0.2, 0.25) is 0 Å². The Bertz CT molecular complexity index is 702. The number of cyclic esters (lactones) is 1. The summed E-state index contributed by atoms with van der Waals surface area (Å²) in [5.74, 6) is 0.915. The molecule has 4 heteroatoms. The highest BCUT2D eigenvalue weighted by atomic mass is 16.7. The third kappa shape index (κ3) is 2.68. The minimum Gasteiger partial charge on any atom is -0.497 e. The second kappa shape index (κ2) is 5.93. The molecule has 0 N–H and O–H groups in total. The molecule has 1 aliphatic heterocycles. The lowest BCUT2D eigenvalue weighted by Crippen LogP contribution is -2.21. The maximum Gasteiger partial charge on any atom is 0.340 e. The molecule has 112 valence electrons. The van der Waals surface area contributed by atoms with Crippen LogP contribution in [0.3, 0.4) is 0 Å². The number of hydrogen-bond donors (Lipinski definition) is 0. The van der Waals surface area contributed by atoms with Gasteiger partial charge in [0.05, 0.1) is 12.7 Å². The van der Waals surface area contributed by atoms with E-state index in [9.17, 15) is 4.79 Å². The maximum absolute atomic E-state index is 12.1. The fourth-order valence-electron chi connectivity index (χ4n) is 2.27. The number of carbonyl (C=O) groups excluding carboxylic acids is 1. The first kappa shape index (κ1) is 14.2.